The summed E-state index contributed by atoms with van der Waals surface area (Å²) < 4.78 is 4.76. The van der Waals surface area contributed by atoms with Crippen molar-refractivity contribution in [2.24, 2.45) is 11.8 Å². The maximum absolute atomic E-state index is 12.4. The van der Waals surface area contributed by atoms with Crippen molar-refractivity contribution in [3.63, 3.8) is 0 Å². The van der Waals surface area contributed by atoms with Gasteiger partial charge in [0.1, 0.15) is 12.6 Å². The van der Waals surface area contributed by atoms with Gasteiger partial charge < -0.3 is 14.7 Å². The van der Waals surface area contributed by atoms with E-state index in [1.807, 2.05) is 12.2 Å². The molecule has 2 heterocycles. The SMILES string of the molecule is COC(=O)[C@@H]1C[C@@H](O)C[NH+]1CN1C(=O)[C@H]2CC=CC[C@H]2C1=O. The van der Waals surface area contributed by atoms with E-state index in [9.17, 15) is 19.5 Å². The van der Waals surface area contributed by atoms with Gasteiger partial charge in [0.25, 0.3) is 0 Å². The number of amides is 2. The average Bonchev–Trinajstić information content (AvgIpc) is 3.01. The van der Waals surface area contributed by atoms with Crippen LogP contribution in [0.25, 0.3) is 0 Å². The van der Waals surface area contributed by atoms with Gasteiger partial charge in [-0.25, -0.2) is 9.69 Å². The number of nitrogens with zero attached hydrogens (tertiary/aromatic N) is 1. The van der Waals surface area contributed by atoms with Crippen LogP contribution >= 0.6 is 0 Å². The number of rotatable bonds is 3. The maximum Gasteiger partial charge on any atom is 0.364 e. The molecule has 7 nitrogen and oxygen atoms in total. The zero-order chi connectivity index (χ0) is 15.9. The van der Waals surface area contributed by atoms with Crippen LogP contribution in [0.1, 0.15) is 19.3 Å². The van der Waals surface area contributed by atoms with Gasteiger partial charge in [-0.05, 0) is 12.8 Å². The fraction of sp³-hybridized carbons (Fsp3) is 0.667. The highest BCUT2D eigenvalue weighted by Gasteiger charge is 2.50. The van der Waals surface area contributed by atoms with Crippen LogP contribution < -0.4 is 4.90 Å². The van der Waals surface area contributed by atoms with E-state index in [1.165, 1.54) is 12.0 Å². The largest absolute Gasteiger partial charge is 0.465 e. The Bertz CT molecular complexity index is 506. The zero-order valence-corrected chi connectivity index (χ0v) is 12.5. The molecule has 0 bridgehead atoms. The van der Waals surface area contributed by atoms with Gasteiger partial charge >= 0.3 is 5.97 Å². The lowest BCUT2D eigenvalue weighted by Gasteiger charge is -2.23. The Kier molecular flexibility index (Phi) is 4.01. The Morgan fingerprint density at radius 3 is 2.45 bits per heavy atom. The van der Waals surface area contributed by atoms with Gasteiger partial charge in [-0.3, -0.25) is 9.59 Å². The lowest BCUT2D eigenvalue weighted by atomic mass is 9.85. The average molecular weight is 309 g/mol. The van der Waals surface area contributed by atoms with Crippen molar-refractivity contribution >= 4 is 17.8 Å². The number of carbonyl (C=O) groups excluding carboxylic acids is 3. The molecular weight excluding hydrogens is 288 g/mol. The van der Waals surface area contributed by atoms with Crippen LogP contribution in [0.4, 0.5) is 0 Å². The van der Waals surface area contributed by atoms with Gasteiger partial charge in [0.2, 0.25) is 11.8 Å². The molecule has 0 saturated carbocycles. The number of hydrogen-bond donors (Lipinski definition) is 2. The molecule has 0 spiro atoms. The summed E-state index contributed by atoms with van der Waals surface area (Å²) in [5.74, 6) is -1.25. The smallest absolute Gasteiger partial charge is 0.364 e. The third-order valence-electron chi connectivity index (χ3n) is 4.94. The van der Waals surface area contributed by atoms with Gasteiger partial charge in [0, 0.05) is 6.42 Å². The van der Waals surface area contributed by atoms with Crippen molar-refractivity contribution in [3.8, 4) is 0 Å². The third-order valence-corrected chi connectivity index (χ3v) is 4.94. The minimum Gasteiger partial charge on any atom is -0.465 e. The molecule has 5 atom stereocenters. The summed E-state index contributed by atoms with van der Waals surface area (Å²) in [6.07, 6.45) is 4.77. The van der Waals surface area contributed by atoms with E-state index in [4.69, 9.17) is 4.74 Å². The molecule has 0 aromatic carbocycles. The van der Waals surface area contributed by atoms with E-state index in [2.05, 4.69) is 0 Å². The van der Waals surface area contributed by atoms with Crippen LogP contribution in [0.15, 0.2) is 12.2 Å². The lowest BCUT2D eigenvalue weighted by Crippen LogP contribution is -3.16. The number of likely N-dealkylation sites (tertiary alicyclic amines) is 2. The Hall–Kier alpha value is -1.73. The number of quaternary nitrogens is 1. The van der Waals surface area contributed by atoms with Crippen LogP contribution in [0, 0.1) is 11.8 Å². The fourth-order valence-electron chi connectivity index (χ4n) is 3.77. The van der Waals surface area contributed by atoms with Gasteiger partial charge in [-0.2, -0.15) is 0 Å². The Morgan fingerprint density at radius 1 is 1.32 bits per heavy atom. The van der Waals surface area contributed by atoms with Crippen molar-refractivity contribution < 1.29 is 29.1 Å². The highest BCUT2D eigenvalue weighted by Crippen LogP contribution is 2.34. The monoisotopic (exact) mass is 309 g/mol. The number of esters is 1. The number of aliphatic hydroxyl groups is 1. The lowest BCUT2D eigenvalue weighted by molar-refractivity contribution is -0.912. The molecule has 0 aromatic heterocycles. The first kappa shape index (κ1) is 15.2. The molecule has 2 N–H and O–H groups in total. The number of fused-ring (bicyclic) bond motifs is 1. The zero-order valence-electron chi connectivity index (χ0n) is 12.5. The first-order valence-corrected chi connectivity index (χ1v) is 7.63. The Balaban J connectivity index is 1.74. The summed E-state index contributed by atoms with van der Waals surface area (Å²) in [6.45, 7) is 0.464. The highest BCUT2D eigenvalue weighted by atomic mass is 16.5. The van der Waals surface area contributed by atoms with Crippen LogP contribution in [0.2, 0.25) is 0 Å². The van der Waals surface area contributed by atoms with Crippen LogP contribution in [0.3, 0.4) is 0 Å². The maximum atomic E-state index is 12.4. The third kappa shape index (κ3) is 2.44. The second-order valence-corrected chi connectivity index (χ2v) is 6.25. The fourth-order valence-corrected chi connectivity index (χ4v) is 3.77. The standard InChI is InChI=1S/C15H20N2O5/c1-22-15(21)12-6-9(18)7-16(12)8-17-13(19)10-4-2-3-5-11(10)14(17)20/h2-3,9-12,18H,4-8H2,1H3/p+1/t9-,10-,11+,12+/m1/s1. The minimum absolute atomic E-state index is 0.126. The van der Waals surface area contributed by atoms with E-state index >= 15 is 0 Å². The van der Waals surface area contributed by atoms with Crippen molar-refractivity contribution in [1.29, 1.82) is 0 Å². The van der Waals surface area contributed by atoms with Crippen LogP contribution in [0.5, 0.6) is 0 Å². The number of ether oxygens (including phenoxy) is 1. The summed E-state index contributed by atoms with van der Waals surface area (Å²) in [4.78, 5) is 38.7. The molecule has 120 valence electrons. The molecule has 2 aliphatic heterocycles. The molecule has 1 unspecified atom stereocenters. The van der Waals surface area contributed by atoms with Crippen molar-refractivity contribution in [3.05, 3.63) is 12.2 Å². The number of allylic oxidation sites excluding steroid dienone is 2. The number of imide groups is 1. The molecular formula is C15H21N2O5+. The summed E-state index contributed by atoms with van der Waals surface area (Å²) in [6, 6.07) is -0.527. The highest BCUT2D eigenvalue weighted by molar-refractivity contribution is 6.05. The number of aliphatic hydroxyl groups excluding tert-OH is 1. The number of methoxy groups -OCH3 is 1. The number of hydrogen-bond acceptors (Lipinski definition) is 5. The molecule has 1 aliphatic carbocycles. The Morgan fingerprint density at radius 2 is 1.91 bits per heavy atom. The summed E-state index contributed by atoms with van der Waals surface area (Å²) in [5, 5.41) is 9.80. The molecule has 2 saturated heterocycles. The summed E-state index contributed by atoms with van der Waals surface area (Å²) in [7, 11) is 1.30. The van der Waals surface area contributed by atoms with Crippen LogP contribution in [-0.2, 0) is 19.1 Å². The summed E-state index contributed by atoms with van der Waals surface area (Å²) in [5.41, 5.74) is 0. The molecule has 2 fully saturated rings. The minimum atomic E-state index is -0.615. The van der Waals surface area contributed by atoms with Crippen molar-refractivity contribution in [2.75, 3.05) is 20.3 Å². The van der Waals surface area contributed by atoms with Crippen molar-refractivity contribution in [2.45, 2.75) is 31.4 Å². The number of carbonyl (C=O) groups is 3. The molecule has 3 rings (SSSR count). The van der Waals surface area contributed by atoms with E-state index < -0.39 is 18.1 Å². The predicted octanol–water partition coefficient (Wildman–Crippen LogP) is -1.91. The van der Waals surface area contributed by atoms with Crippen LogP contribution in [-0.4, -0.2) is 60.3 Å². The second-order valence-electron chi connectivity index (χ2n) is 6.25. The molecule has 2 amide bonds. The van der Waals surface area contributed by atoms with E-state index in [0.29, 0.717) is 30.7 Å². The van der Waals surface area contributed by atoms with E-state index in [0.717, 1.165) is 0 Å². The van der Waals surface area contributed by atoms with Gasteiger partial charge in [0.05, 0.1) is 18.9 Å². The van der Waals surface area contributed by atoms with Gasteiger partial charge in [-0.1, -0.05) is 12.2 Å². The predicted molar refractivity (Wildman–Crippen MR) is 74.3 cm³/mol. The van der Waals surface area contributed by atoms with E-state index in [-0.39, 0.29) is 30.3 Å². The van der Waals surface area contributed by atoms with Crippen molar-refractivity contribution in [1.82, 2.24) is 4.90 Å². The Labute approximate surface area is 128 Å². The quantitative estimate of drug-likeness (QED) is 0.361. The molecule has 0 radical (unpaired) electrons. The second kappa shape index (κ2) is 5.81. The normalized spacial score (nSPS) is 37.5. The first-order chi connectivity index (χ1) is 10.5. The van der Waals surface area contributed by atoms with Gasteiger partial charge in [0.15, 0.2) is 12.7 Å². The van der Waals surface area contributed by atoms with E-state index in [1.54, 1.807) is 0 Å². The molecule has 3 aliphatic rings. The van der Waals surface area contributed by atoms with Gasteiger partial charge in [-0.15, -0.1) is 0 Å². The first-order valence-electron chi connectivity index (χ1n) is 7.63. The molecule has 0 aromatic rings. The number of nitrogens with one attached hydrogen (secondary N) is 1. The topological polar surface area (TPSA) is 88.3 Å². The molecule has 7 heteroatoms. The summed E-state index contributed by atoms with van der Waals surface area (Å²) >= 11 is 0. The molecule has 22 heavy (non-hydrogen) atoms.